The van der Waals surface area contributed by atoms with Crippen LogP contribution in [0.3, 0.4) is 0 Å². The molecule has 0 bridgehead atoms. The van der Waals surface area contributed by atoms with Gasteiger partial charge in [0.1, 0.15) is 22.9 Å². The number of hydrogen-bond donors (Lipinski definition) is 0. The van der Waals surface area contributed by atoms with Gasteiger partial charge in [0.05, 0.1) is 5.69 Å². The summed E-state index contributed by atoms with van der Waals surface area (Å²) in [4.78, 5) is 35.8. The molecule has 0 fully saturated rings. The van der Waals surface area contributed by atoms with Crippen LogP contribution in [0.1, 0.15) is 60.1 Å². The average molecular weight is 493 g/mol. The Labute approximate surface area is 201 Å². The highest BCUT2D eigenvalue weighted by molar-refractivity contribution is 6.16. The molecule has 0 atom stereocenters. The fraction of sp³-hybridized carbons (Fsp3) is 0.440. The third-order valence-electron chi connectivity index (χ3n) is 4.92. The Kier molecular flexibility index (Phi) is 6.80. The van der Waals surface area contributed by atoms with Crippen LogP contribution in [0.4, 0.5) is 23.4 Å². The monoisotopic (exact) mass is 492 g/mol. The second kappa shape index (κ2) is 9.05. The summed E-state index contributed by atoms with van der Waals surface area (Å²) in [6.45, 7) is 11.0. The van der Waals surface area contributed by atoms with Crippen LogP contribution in [0.5, 0.6) is 0 Å². The summed E-state index contributed by atoms with van der Waals surface area (Å²) in [6.07, 6.45) is -3.75. The van der Waals surface area contributed by atoms with Gasteiger partial charge in [-0.3, -0.25) is 14.0 Å². The van der Waals surface area contributed by atoms with Gasteiger partial charge in [-0.05, 0) is 35.1 Å². The molecule has 188 valence electrons. The first-order valence-electron chi connectivity index (χ1n) is 11.0. The van der Waals surface area contributed by atoms with Gasteiger partial charge >= 0.3 is 6.18 Å². The number of rotatable bonds is 4. The van der Waals surface area contributed by atoms with Crippen molar-refractivity contribution in [2.24, 2.45) is 10.8 Å². The van der Waals surface area contributed by atoms with E-state index in [0.717, 1.165) is 29.3 Å². The number of amides is 2. The van der Waals surface area contributed by atoms with E-state index < -0.39 is 40.3 Å². The first-order chi connectivity index (χ1) is 16.0. The number of hydrogen-bond acceptors (Lipinski definition) is 4. The van der Waals surface area contributed by atoms with Crippen LogP contribution in [0.2, 0.25) is 0 Å². The molecule has 2 amide bonds. The van der Waals surface area contributed by atoms with Gasteiger partial charge in [0.25, 0.3) is 0 Å². The van der Waals surface area contributed by atoms with Crippen LogP contribution in [-0.4, -0.2) is 26.2 Å². The minimum atomic E-state index is -4.73. The standard InChI is InChI=1S/C25H28F4N4O2/c1-23(2,3)12-19(34)33(20(35)13-24(4,5)6)22-21(32-14-15(26)10-11-18(32)31-22)16-8-7-9-17(30-16)25(27,28)29/h7-11,14H,12-13H2,1-6H3. The van der Waals surface area contributed by atoms with Crippen LogP contribution in [0.15, 0.2) is 36.5 Å². The van der Waals surface area contributed by atoms with Gasteiger partial charge in [-0.25, -0.2) is 19.3 Å². The van der Waals surface area contributed by atoms with E-state index in [1.165, 1.54) is 16.5 Å². The van der Waals surface area contributed by atoms with Crippen LogP contribution in [0.25, 0.3) is 17.0 Å². The fourth-order valence-corrected chi connectivity index (χ4v) is 3.57. The van der Waals surface area contributed by atoms with Crippen LogP contribution < -0.4 is 4.90 Å². The summed E-state index contributed by atoms with van der Waals surface area (Å²) >= 11 is 0. The van der Waals surface area contributed by atoms with Crippen molar-refractivity contribution in [2.45, 2.75) is 60.6 Å². The molecule has 0 aliphatic carbocycles. The zero-order valence-corrected chi connectivity index (χ0v) is 20.5. The number of imide groups is 1. The number of halogens is 4. The Bertz CT molecular complexity index is 1240. The maximum atomic E-state index is 14.2. The highest BCUT2D eigenvalue weighted by Crippen LogP contribution is 2.36. The van der Waals surface area contributed by atoms with E-state index in [1.54, 1.807) is 0 Å². The fourth-order valence-electron chi connectivity index (χ4n) is 3.57. The number of carbonyl (C=O) groups excluding carboxylic acids is 2. The van der Waals surface area contributed by atoms with E-state index in [-0.39, 0.29) is 35.7 Å². The first-order valence-corrected chi connectivity index (χ1v) is 11.0. The van der Waals surface area contributed by atoms with E-state index in [0.29, 0.717) is 0 Å². The third-order valence-corrected chi connectivity index (χ3v) is 4.92. The quantitative estimate of drug-likeness (QED) is 0.402. The van der Waals surface area contributed by atoms with E-state index in [1.807, 2.05) is 41.5 Å². The summed E-state index contributed by atoms with van der Waals surface area (Å²) in [6, 6.07) is 5.71. The number of nitrogens with zero attached hydrogens (tertiary/aromatic N) is 4. The molecule has 3 heterocycles. The van der Waals surface area contributed by atoms with Crippen LogP contribution >= 0.6 is 0 Å². The maximum Gasteiger partial charge on any atom is 0.433 e. The van der Waals surface area contributed by atoms with Crippen molar-refractivity contribution >= 4 is 23.3 Å². The van der Waals surface area contributed by atoms with Crippen molar-refractivity contribution in [3.63, 3.8) is 0 Å². The molecule has 6 nitrogen and oxygen atoms in total. The minimum absolute atomic E-state index is 0.0272. The molecule has 10 heteroatoms. The van der Waals surface area contributed by atoms with Gasteiger partial charge in [-0.2, -0.15) is 13.2 Å². The summed E-state index contributed by atoms with van der Waals surface area (Å²) in [5.74, 6) is -2.00. The smallest absolute Gasteiger partial charge is 0.293 e. The zero-order valence-electron chi connectivity index (χ0n) is 20.5. The van der Waals surface area contributed by atoms with Gasteiger partial charge in [-0.1, -0.05) is 47.6 Å². The molecule has 35 heavy (non-hydrogen) atoms. The number of carbonyl (C=O) groups is 2. The molecule has 0 saturated carbocycles. The number of alkyl halides is 3. The van der Waals surface area contributed by atoms with Crippen LogP contribution in [0, 0.1) is 16.6 Å². The number of aromatic nitrogens is 3. The minimum Gasteiger partial charge on any atom is -0.293 e. The molecule has 0 aromatic carbocycles. The van der Waals surface area contributed by atoms with Crippen molar-refractivity contribution < 1.29 is 27.2 Å². The molecular formula is C25H28F4N4O2. The summed E-state index contributed by atoms with van der Waals surface area (Å²) in [5, 5.41) is 0. The summed E-state index contributed by atoms with van der Waals surface area (Å²) < 4.78 is 55.6. The van der Waals surface area contributed by atoms with Crippen molar-refractivity contribution in [1.82, 2.24) is 14.4 Å². The van der Waals surface area contributed by atoms with E-state index in [4.69, 9.17) is 0 Å². The normalized spacial score (nSPS) is 12.7. The second-order valence-electron chi connectivity index (χ2n) is 10.9. The molecule has 0 N–H and O–H groups in total. The highest BCUT2D eigenvalue weighted by Gasteiger charge is 2.36. The zero-order chi connectivity index (χ0) is 26.3. The second-order valence-corrected chi connectivity index (χ2v) is 10.9. The van der Waals surface area contributed by atoms with Gasteiger partial charge in [0.2, 0.25) is 11.8 Å². The van der Waals surface area contributed by atoms with Crippen molar-refractivity contribution in [3.05, 3.63) is 48.0 Å². The Hall–Kier alpha value is -3.30. The van der Waals surface area contributed by atoms with E-state index in [2.05, 4.69) is 9.97 Å². The predicted molar refractivity (Wildman–Crippen MR) is 124 cm³/mol. The lowest BCUT2D eigenvalue weighted by molar-refractivity contribution is -0.141. The highest BCUT2D eigenvalue weighted by atomic mass is 19.4. The summed E-state index contributed by atoms with van der Waals surface area (Å²) in [7, 11) is 0. The van der Waals surface area contributed by atoms with Crippen molar-refractivity contribution in [2.75, 3.05) is 4.90 Å². The topological polar surface area (TPSA) is 67.6 Å². The van der Waals surface area contributed by atoms with Crippen molar-refractivity contribution in [3.8, 4) is 11.4 Å². The first kappa shape index (κ1) is 26.3. The Balaban J connectivity index is 2.32. The Morgan fingerprint density at radius 1 is 0.886 bits per heavy atom. The lowest BCUT2D eigenvalue weighted by atomic mass is 9.90. The molecule has 0 radical (unpaired) electrons. The number of pyridine rings is 2. The number of anilines is 1. The van der Waals surface area contributed by atoms with Crippen molar-refractivity contribution in [1.29, 1.82) is 0 Å². The molecule has 3 aromatic rings. The van der Waals surface area contributed by atoms with Gasteiger partial charge in [0, 0.05) is 19.0 Å². The van der Waals surface area contributed by atoms with Gasteiger partial charge < -0.3 is 0 Å². The third kappa shape index (κ3) is 6.23. The molecule has 0 unspecified atom stereocenters. The maximum absolute atomic E-state index is 14.2. The van der Waals surface area contributed by atoms with E-state index >= 15 is 0 Å². The predicted octanol–water partition coefficient (Wildman–Crippen LogP) is 6.29. The average Bonchev–Trinajstić information content (AvgIpc) is 3.02. The lowest BCUT2D eigenvalue weighted by Crippen LogP contribution is -2.41. The molecular weight excluding hydrogens is 464 g/mol. The lowest BCUT2D eigenvalue weighted by Gasteiger charge is -2.27. The Morgan fingerprint density at radius 3 is 1.97 bits per heavy atom. The molecule has 0 saturated heterocycles. The Morgan fingerprint density at radius 2 is 1.46 bits per heavy atom. The molecule has 0 aliphatic heterocycles. The van der Waals surface area contributed by atoms with E-state index in [9.17, 15) is 27.2 Å². The van der Waals surface area contributed by atoms with Crippen LogP contribution in [-0.2, 0) is 15.8 Å². The van der Waals surface area contributed by atoms with Gasteiger partial charge in [0.15, 0.2) is 5.82 Å². The molecule has 3 rings (SSSR count). The SMILES string of the molecule is CC(C)(C)CC(=O)N(C(=O)CC(C)(C)C)c1nc2ccc(F)cn2c1-c1cccc(C(F)(F)F)n1. The summed E-state index contributed by atoms with van der Waals surface area (Å²) in [5.41, 5.74) is -2.29. The number of fused-ring (bicyclic) bond motifs is 1. The largest absolute Gasteiger partial charge is 0.433 e. The van der Waals surface area contributed by atoms with Gasteiger partial charge in [-0.15, -0.1) is 0 Å². The molecule has 0 aliphatic rings. The molecule has 3 aromatic heterocycles. The molecule has 0 spiro atoms. The number of imidazole rings is 1.